The molecule has 0 aliphatic heterocycles. The Morgan fingerprint density at radius 1 is 1.16 bits per heavy atom. The molecule has 0 N–H and O–H groups in total. The van der Waals surface area contributed by atoms with Crippen molar-refractivity contribution in [2.24, 2.45) is 10.4 Å². The molecule has 1 unspecified atom stereocenters. The summed E-state index contributed by atoms with van der Waals surface area (Å²) in [7, 11) is 0. The van der Waals surface area contributed by atoms with Crippen LogP contribution in [0.3, 0.4) is 0 Å². The van der Waals surface area contributed by atoms with Crippen molar-refractivity contribution < 1.29 is 14.3 Å². The Labute approximate surface area is 234 Å². The van der Waals surface area contributed by atoms with Crippen molar-refractivity contribution in [1.82, 2.24) is 9.97 Å². The number of ether oxygens (including phenoxy) is 1. The zero-order valence-electron chi connectivity index (χ0n) is 20.3. The standard InChI is InChI=1S/C28H26BrCl2N3O3/c1-2-37-27(36)22(34-25-24(29)26(35)28(25)10-4-3-5-11-28)13-16-6-8-20-17(12-16)7-9-21(33-20)23-18(30)14-32-15-19(23)31/h6-9,12,14-15,22,24H,2-5,10-11,13H2,1H3/t22-,24?/m0/s1. The predicted molar refractivity (Wildman–Crippen MR) is 150 cm³/mol. The Morgan fingerprint density at radius 2 is 1.89 bits per heavy atom. The van der Waals surface area contributed by atoms with Crippen LogP contribution >= 0.6 is 39.1 Å². The number of fused-ring (bicyclic) bond motifs is 1. The van der Waals surface area contributed by atoms with Crippen LogP contribution < -0.4 is 0 Å². The molecule has 2 saturated carbocycles. The van der Waals surface area contributed by atoms with Gasteiger partial charge in [-0.2, -0.15) is 0 Å². The summed E-state index contributed by atoms with van der Waals surface area (Å²) < 4.78 is 5.37. The molecule has 2 aromatic heterocycles. The smallest absolute Gasteiger partial charge is 0.331 e. The van der Waals surface area contributed by atoms with E-state index >= 15 is 0 Å². The van der Waals surface area contributed by atoms with Gasteiger partial charge >= 0.3 is 5.97 Å². The largest absolute Gasteiger partial charge is 0.464 e. The van der Waals surface area contributed by atoms with Gasteiger partial charge in [0.1, 0.15) is 4.83 Å². The average molecular weight is 603 g/mol. The molecule has 3 aromatic rings. The zero-order valence-corrected chi connectivity index (χ0v) is 23.4. The molecule has 2 fully saturated rings. The molecule has 2 atom stereocenters. The first-order chi connectivity index (χ1) is 17.8. The van der Waals surface area contributed by atoms with Crippen molar-refractivity contribution in [3.05, 3.63) is 58.3 Å². The minimum absolute atomic E-state index is 0.190. The molecule has 1 aromatic carbocycles. The molecule has 0 radical (unpaired) electrons. The summed E-state index contributed by atoms with van der Waals surface area (Å²) in [5.41, 5.74) is 3.28. The van der Waals surface area contributed by atoms with Crippen LogP contribution in [0.1, 0.15) is 44.6 Å². The van der Waals surface area contributed by atoms with Gasteiger partial charge in [0.15, 0.2) is 11.8 Å². The van der Waals surface area contributed by atoms with E-state index in [0.29, 0.717) is 27.7 Å². The van der Waals surface area contributed by atoms with Crippen LogP contribution in [-0.4, -0.2) is 44.9 Å². The van der Waals surface area contributed by atoms with Gasteiger partial charge in [0, 0.05) is 35.5 Å². The van der Waals surface area contributed by atoms with Crippen molar-refractivity contribution in [3.8, 4) is 11.3 Å². The molecule has 2 aliphatic rings. The highest BCUT2D eigenvalue weighted by Gasteiger charge is 2.58. The molecule has 2 heterocycles. The number of halogens is 3. The molecule has 0 bridgehead atoms. The summed E-state index contributed by atoms with van der Waals surface area (Å²) >= 11 is 16.1. The van der Waals surface area contributed by atoms with Crippen molar-refractivity contribution in [2.75, 3.05) is 6.61 Å². The molecule has 6 nitrogen and oxygen atoms in total. The van der Waals surface area contributed by atoms with Gasteiger partial charge in [0.05, 0.1) is 33.3 Å². The lowest BCUT2D eigenvalue weighted by Crippen LogP contribution is -2.61. The number of hydrogen-bond donors (Lipinski definition) is 0. The Hall–Kier alpha value is -2.35. The summed E-state index contributed by atoms with van der Waals surface area (Å²) in [4.78, 5) is 39.0. The summed E-state index contributed by atoms with van der Waals surface area (Å²) in [5.74, 6) is -0.189. The van der Waals surface area contributed by atoms with Crippen molar-refractivity contribution in [1.29, 1.82) is 0 Å². The normalized spacial score (nSPS) is 20.7. The van der Waals surface area contributed by atoms with Gasteiger partial charge in [-0.1, -0.05) is 70.5 Å². The van der Waals surface area contributed by atoms with Gasteiger partial charge in [0.25, 0.3) is 0 Å². The van der Waals surface area contributed by atoms with Gasteiger partial charge in [-0.25, -0.2) is 9.78 Å². The van der Waals surface area contributed by atoms with Gasteiger partial charge in [-0.05, 0) is 43.5 Å². The highest BCUT2D eigenvalue weighted by atomic mass is 79.9. The maximum atomic E-state index is 12.9. The monoisotopic (exact) mass is 601 g/mol. The summed E-state index contributed by atoms with van der Waals surface area (Å²) in [6, 6.07) is 8.95. The summed E-state index contributed by atoms with van der Waals surface area (Å²) in [6.45, 7) is 2.05. The molecule has 1 spiro atoms. The Bertz CT molecular complexity index is 1380. The van der Waals surface area contributed by atoms with Crippen LogP contribution in [0.15, 0.2) is 47.7 Å². The Kier molecular flexibility index (Phi) is 7.66. The molecule has 9 heteroatoms. The second-order valence-corrected chi connectivity index (χ2v) is 11.3. The fourth-order valence-electron chi connectivity index (χ4n) is 5.41. The number of benzene rings is 1. The third-order valence-corrected chi connectivity index (χ3v) is 8.71. The molecular weight excluding hydrogens is 577 g/mol. The number of pyridine rings is 2. The molecule has 0 amide bonds. The highest BCUT2D eigenvalue weighted by molar-refractivity contribution is 9.10. The van der Waals surface area contributed by atoms with E-state index in [-0.39, 0.29) is 18.4 Å². The van der Waals surface area contributed by atoms with Gasteiger partial charge < -0.3 is 4.74 Å². The number of alkyl halides is 1. The maximum Gasteiger partial charge on any atom is 0.331 e. The van der Waals surface area contributed by atoms with Crippen LogP contribution in [0.4, 0.5) is 0 Å². The Morgan fingerprint density at radius 3 is 2.59 bits per heavy atom. The molecule has 37 heavy (non-hydrogen) atoms. The number of aliphatic imine (C=N–C) groups is 1. The number of hydrogen-bond acceptors (Lipinski definition) is 6. The molecular formula is C28H26BrCl2N3O3. The third kappa shape index (κ3) is 4.93. The summed E-state index contributed by atoms with van der Waals surface area (Å²) in [6.07, 6.45) is 8.19. The minimum atomic E-state index is -0.721. The second-order valence-electron chi connectivity index (χ2n) is 9.56. The number of carbonyl (C=O) groups is 2. The van der Waals surface area contributed by atoms with Crippen LogP contribution in [0.2, 0.25) is 10.0 Å². The van der Waals surface area contributed by atoms with Crippen molar-refractivity contribution >= 4 is 67.5 Å². The zero-order chi connectivity index (χ0) is 26.2. The number of esters is 1. The van der Waals surface area contributed by atoms with E-state index < -0.39 is 16.3 Å². The fourth-order valence-corrected chi connectivity index (χ4v) is 6.97. The van der Waals surface area contributed by atoms with Gasteiger partial charge in [-0.15, -0.1) is 0 Å². The van der Waals surface area contributed by atoms with E-state index in [0.717, 1.165) is 54.3 Å². The number of aromatic nitrogens is 2. The molecule has 0 saturated heterocycles. The van der Waals surface area contributed by atoms with E-state index in [1.807, 2.05) is 30.3 Å². The molecule has 192 valence electrons. The predicted octanol–water partition coefficient (Wildman–Crippen LogP) is 6.82. The quantitative estimate of drug-likeness (QED) is 0.228. The molecule has 2 aliphatic carbocycles. The fraction of sp³-hybridized carbons (Fsp3) is 0.393. The number of rotatable bonds is 6. The first kappa shape index (κ1) is 26.3. The SMILES string of the molecule is CCOC(=O)[C@H](Cc1ccc2nc(-c3c(Cl)cncc3Cl)ccc2c1)N=C1C(Br)C(=O)C12CCCCC2. The van der Waals surface area contributed by atoms with Crippen LogP contribution in [-0.2, 0) is 20.7 Å². The van der Waals surface area contributed by atoms with Gasteiger partial charge in [-0.3, -0.25) is 14.8 Å². The lowest BCUT2D eigenvalue weighted by Gasteiger charge is -2.47. The topological polar surface area (TPSA) is 81.5 Å². The first-order valence-electron chi connectivity index (χ1n) is 12.5. The number of nitrogens with zero attached hydrogens (tertiary/aromatic N) is 3. The number of ketones is 1. The Balaban J connectivity index is 1.45. The van der Waals surface area contributed by atoms with Crippen LogP contribution in [0, 0.1) is 5.41 Å². The second kappa shape index (κ2) is 10.8. The third-order valence-electron chi connectivity index (χ3n) is 7.29. The molecule has 5 rings (SSSR count). The average Bonchev–Trinajstić information content (AvgIpc) is 2.91. The lowest BCUT2D eigenvalue weighted by molar-refractivity contribution is -0.144. The number of carbonyl (C=O) groups excluding carboxylic acids is 2. The van der Waals surface area contributed by atoms with Crippen molar-refractivity contribution in [2.45, 2.75) is 56.3 Å². The van der Waals surface area contributed by atoms with Crippen LogP contribution in [0.25, 0.3) is 22.2 Å². The minimum Gasteiger partial charge on any atom is -0.464 e. The van der Waals surface area contributed by atoms with Crippen molar-refractivity contribution in [3.63, 3.8) is 0 Å². The highest BCUT2D eigenvalue weighted by Crippen LogP contribution is 2.49. The van der Waals surface area contributed by atoms with Gasteiger partial charge in [0.2, 0.25) is 0 Å². The maximum absolute atomic E-state index is 12.9. The first-order valence-corrected chi connectivity index (χ1v) is 14.1. The van der Waals surface area contributed by atoms with Crippen LogP contribution in [0.5, 0.6) is 0 Å². The van der Waals surface area contributed by atoms with E-state index in [1.165, 1.54) is 0 Å². The summed E-state index contributed by atoms with van der Waals surface area (Å²) in [5, 5.41) is 1.78. The van der Waals surface area contributed by atoms with E-state index in [2.05, 4.69) is 20.9 Å². The van der Waals surface area contributed by atoms with E-state index in [9.17, 15) is 9.59 Å². The lowest BCUT2D eigenvalue weighted by atomic mass is 9.58. The van der Waals surface area contributed by atoms with E-state index in [1.54, 1.807) is 19.3 Å². The van der Waals surface area contributed by atoms with E-state index in [4.69, 9.17) is 37.9 Å². The number of Topliss-reactive ketones (excluding diaryl/α,β-unsaturated/α-hetero) is 1.